The molecule has 24 heavy (non-hydrogen) atoms. The lowest BCUT2D eigenvalue weighted by molar-refractivity contribution is 0.0838. The van der Waals surface area contributed by atoms with Crippen molar-refractivity contribution in [1.29, 1.82) is 0 Å². The molecule has 0 aliphatic carbocycles. The Labute approximate surface area is 140 Å². The second-order valence-corrected chi connectivity index (χ2v) is 6.81. The lowest BCUT2D eigenvalue weighted by Gasteiger charge is -2.33. The Bertz CT molecular complexity index is 860. The van der Waals surface area contributed by atoms with Gasteiger partial charge in [-0.05, 0) is 62.6 Å². The molecule has 0 saturated carbocycles. The van der Waals surface area contributed by atoms with E-state index in [1.807, 2.05) is 6.07 Å². The average molecular weight is 322 g/mol. The van der Waals surface area contributed by atoms with Gasteiger partial charge in [-0.15, -0.1) is 0 Å². The van der Waals surface area contributed by atoms with E-state index in [0.717, 1.165) is 29.7 Å². The van der Waals surface area contributed by atoms with Crippen LogP contribution in [-0.2, 0) is 6.42 Å². The third-order valence-corrected chi connectivity index (χ3v) is 4.45. The highest BCUT2D eigenvalue weighted by Crippen LogP contribution is 2.44. The van der Waals surface area contributed by atoms with Crippen molar-refractivity contribution >= 4 is 11.9 Å². The van der Waals surface area contributed by atoms with E-state index in [1.165, 1.54) is 0 Å². The summed E-state index contributed by atoms with van der Waals surface area (Å²) in [4.78, 5) is 12.6. The summed E-state index contributed by atoms with van der Waals surface area (Å²) in [6.45, 7) is 4.12. The van der Waals surface area contributed by atoms with Gasteiger partial charge in [0.25, 0.3) is 0 Å². The Balaban J connectivity index is 1.71. The summed E-state index contributed by atoms with van der Waals surface area (Å²) in [5.74, 6) is 1.79. The number of phenolic OH excluding ortho intramolecular Hbond substituents is 1. The Morgan fingerprint density at radius 3 is 2.62 bits per heavy atom. The smallest absolute Gasteiger partial charge is 0.231 e. The monoisotopic (exact) mass is 322 g/mol. The van der Waals surface area contributed by atoms with Gasteiger partial charge in [-0.1, -0.05) is 12.1 Å². The molecule has 2 aromatic rings. The van der Waals surface area contributed by atoms with Crippen LogP contribution in [0.2, 0.25) is 0 Å². The SMILES string of the molecule is CC1(C)CCc2c(ccc3c2O/C(=C\c2ccc(O)cc2)C3=O)O1. The Morgan fingerprint density at radius 1 is 1.12 bits per heavy atom. The normalized spacial score (nSPS) is 19.4. The van der Waals surface area contributed by atoms with Gasteiger partial charge in [0.1, 0.15) is 22.8 Å². The van der Waals surface area contributed by atoms with Crippen molar-refractivity contribution in [3.63, 3.8) is 0 Å². The maximum atomic E-state index is 12.6. The number of hydrogen-bond donors (Lipinski definition) is 1. The Hall–Kier alpha value is -2.75. The molecule has 4 rings (SSSR count). The van der Waals surface area contributed by atoms with Gasteiger partial charge in [0.15, 0.2) is 5.76 Å². The molecule has 122 valence electrons. The van der Waals surface area contributed by atoms with Crippen LogP contribution < -0.4 is 9.47 Å². The lowest BCUT2D eigenvalue weighted by atomic mass is 9.92. The van der Waals surface area contributed by atoms with E-state index < -0.39 is 0 Å². The number of aromatic hydroxyl groups is 1. The number of carbonyl (C=O) groups is 1. The van der Waals surface area contributed by atoms with Gasteiger partial charge in [-0.3, -0.25) is 4.79 Å². The second kappa shape index (κ2) is 5.13. The van der Waals surface area contributed by atoms with Crippen LogP contribution in [0.25, 0.3) is 6.08 Å². The number of ether oxygens (including phenoxy) is 2. The van der Waals surface area contributed by atoms with Crippen LogP contribution in [0.5, 0.6) is 17.2 Å². The third-order valence-electron chi connectivity index (χ3n) is 4.45. The second-order valence-electron chi connectivity index (χ2n) is 6.81. The van der Waals surface area contributed by atoms with Gasteiger partial charge in [0.2, 0.25) is 5.78 Å². The molecule has 2 aromatic carbocycles. The molecule has 1 N–H and O–H groups in total. The minimum Gasteiger partial charge on any atom is -0.508 e. The number of hydrogen-bond acceptors (Lipinski definition) is 4. The van der Waals surface area contributed by atoms with Gasteiger partial charge in [-0.25, -0.2) is 0 Å². The fourth-order valence-corrected chi connectivity index (χ4v) is 3.12. The summed E-state index contributed by atoms with van der Waals surface area (Å²) >= 11 is 0. The van der Waals surface area contributed by atoms with Gasteiger partial charge < -0.3 is 14.6 Å². The molecule has 0 aromatic heterocycles. The number of fused-ring (bicyclic) bond motifs is 3. The minimum absolute atomic E-state index is 0.120. The van der Waals surface area contributed by atoms with E-state index in [4.69, 9.17) is 9.47 Å². The zero-order chi connectivity index (χ0) is 16.9. The van der Waals surface area contributed by atoms with E-state index in [2.05, 4.69) is 13.8 Å². The zero-order valence-electron chi connectivity index (χ0n) is 13.6. The number of benzene rings is 2. The Kier molecular flexibility index (Phi) is 3.17. The van der Waals surface area contributed by atoms with Crippen molar-refractivity contribution in [1.82, 2.24) is 0 Å². The van der Waals surface area contributed by atoms with Crippen LogP contribution in [0.3, 0.4) is 0 Å². The summed E-state index contributed by atoms with van der Waals surface area (Å²) in [6, 6.07) is 10.3. The summed E-state index contributed by atoms with van der Waals surface area (Å²) in [7, 11) is 0. The highest BCUT2D eigenvalue weighted by molar-refractivity contribution is 6.15. The number of carbonyl (C=O) groups excluding carboxylic acids is 1. The Morgan fingerprint density at radius 2 is 1.88 bits per heavy atom. The molecule has 4 heteroatoms. The van der Waals surface area contributed by atoms with Gasteiger partial charge >= 0.3 is 0 Å². The van der Waals surface area contributed by atoms with Crippen LogP contribution in [-0.4, -0.2) is 16.5 Å². The fraction of sp³-hybridized carbons (Fsp3) is 0.250. The molecule has 0 radical (unpaired) electrons. The summed E-state index contributed by atoms with van der Waals surface area (Å²) in [6.07, 6.45) is 3.40. The number of rotatable bonds is 1. The fourth-order valence-electron chi connectivity index (χ4n) is 3.12. The van der Waals surface area contributed by atoms with Crippen LogP contribution in [0.15, 0.2) is 42.2 Å². The van der Waals surface area contributed by atoms with Crippen molar-refractivity contribution in [3.8, 4) is 17.2 Å². The van der Waals surface area contributed by atoms with Crippen LogP contribution in [0, 0.1) is 0 Å². The summed E-state index contributed by atoms with van der Waals surface area (Å²) in [5, 5.41) is 9.35. The number of phenols is 1. The summed E-state index contributed by atoms with van der Waals surface area (Å²) < 4.78 is 11.9. The molecular formula is C20H18O4. The van der Waals surface area contributed by atoms with E-state index in [-0.39, 0.29) is 17.1 Å². The predicted molar refractivity (Wildman–Crippen MR) is 90.5 cm³/mol. The van der Waals surface area contributed by atoms with E-state index in [9.17, 15) is 9.90 Å². The van der Waals surface area contributed by atoms with Gasteiger partial charge in [0, 0.05) is 5.56 Å². The summed E-state index contributed by atoms with van der Waals surface area (Å²) in [5.41, 5.74) is 2.15. The van der Waals surface area contributed by atoms with Crippen LogP contribution >= 0.6 is 0 Å². The molecule has 0 amide bonds. The van der Waals surface area contributed by atoms with Crippen molar-refractivity contribution in [2.24, 2.45) is 0 Å². The maximum absolute atomic E-state index is 12.6. The molecule has 0 atom stereocenters. The van der Waals surface area contributed by atoms with Crippen LogP contribution in [0.1, 0.15) is 41.8 Å². The molecule has 0 spiro atoms. The molecule has 4 nitrogen and oxygen atoms in total. The largest absolute Gasteiger partial charge is 0.508 e. The molecule has 0 bridgehead atoms. The van der Waals surface area contributed by atoms with Crippen molar-refractivity contribution < 1.29 is 19.4 Å². The maximum Gasteiger partial charge on any atom is 0.231 e. The molecule has 2 aliphatic rings. The molecular weight excluding hydrogens is 304 g/mol. The quantitative estimate of drug-likeness (QED) is 0.803. The number of ketones is 1. The first kappa shape index (κ1) is 14.8. The van der Waals surface area contributed by atoms with Crippen molar-refractivity contribution in [3.05, 3.63) is 58.8 Å². The molecule has 2 aliphatic heterocycles. The van der Waals surface area contributed by atoms with Crippen molar-refractivity contribution in [2.45, 2.75) is 32.3 Å². The first-order valence-electron chi connectivity index (χ1n) is 8.01. The average Bonchev–Trinajstić information content (AvgIpc) is 2.85. The highest BCUT2D eigenvalue weighted by Gasteiger charge is 2.35. The first-order chi connectivity index (χ1) is 11.4. The number of Topliss-reactive ketones (excluding diaryl/α,β-unsaturated/α-hetero) is 1. The zero-order valence-corrected chi connectivity index (χ0v) is 13.6. The van der Waals surface area contributed by atoms with E-state index in [0.29, 0.717) is 17.1 Å². The van der Waals surface area contributed by atoms with Crippen LogP contribution in [0.4, 0.5) is 0 Å². The van der Waals surface area contributed by atoms with Gasteiger partial charge in [-0.2, -0.15) is 0 Å². The van der Waals surface area contributed by atoms with E-state index >= 15 is 0 Å². The highest BCUT2D eigenvalue weighted by atomic mass is 16.5. The molecule has 0 fully saturated rings. The first-order valence-corrected chi connectivity index (χ1v) is 8.01. The minimum atomic E-state index is -0.200. The molecule has 0 unspecified atom stereocenters. The standard InChI is InChI=1S/C20H18O4/c1-20(2)10-9-14-16(24-20)8-7-15-18(22)17(23-19(14)15)11-12-3-5-13(21)6-4-12/h3-8,11,21H,9-10H2,1-2H3/b17-11-. The van der Waals surface area contributed by atoms with Gasteiger partial charge in [0.05, 0.1) is 5.56 Å². The topological polar surface area (TPSA) is 55.8 Å². The van der Waals surface area contributed by atoms with E-state index in [1.54, 1.807) is 36.4 Å². The van der Waals surface area contributed by atoms with Crippen molar-refractivity contribution in [2.75, 3.05) is 0 Å². The predicted octanol–water partition coefficient (Wildman–Crippen LogP) is 4.11. The number of allylic oxidation sites excluding steroid dienone is 1. The molecule has 2 heterocycles. The lowest BCUT2D eigenvalue weighted by Crippen LogP contribution is -2.32. The molecule has 0 saturated heterocycles. The third kappa shape index (κ3) is 2.44.